The minimum Gasteiger partial charge on any atom is -0.508 e. The van der Waals surface area contributed by atoms with E-state index in [-0.39, 0.29) is 23.7 Å². The molecule has 0 bridgehead atoms. The Kier molecular flexibility index (Phi) is 4.32. The summed E-state index contributed by atoms with van der Waals surface area (Å²) in [5, 5.41) is 13.3. The molecule has 2 atom stereocenters. The maximum absolute atomic E-state index is 11.9. The van der Waals surface area contributed by atoms with Crippen molar-refractivity contribution in [3.63, 3.8) is 0 Å². The Morgan fingerprint density at radius 2 is 2.32 bits per heavy atom. The van der Waals surface area contributed by atoms with E-state index in [1.165, 1.54) is 0 Å². The smallest absolute Gasteiger partial charge is 0.237 e. The number of rotatable bonds is 3. The van der Waals surface area contributed by atoms with Crippen LogP contribution in [0.4, 0.5) is 0 Å². The molecule has 19 heavy (non-hydrogen) atoms. The first kappa shape index (κ1) is 14.2. The predicted molar refractivity (Wildman–Crippen MR) is 75.3 cm³/mol. The third kappa shape index (κ3) is 2.85. The quantitative estimate of drug-likeness (QED) is 0.895. The molecule has 0 spiro atoms. The average molecular weight is 283 g/mol. The third-order valence-electron chi connectivity index (χ3n) is 3.78. The molecule has 1 aliphatic rings. The van der Waals surface area contributed by atoms with Crippen LogP contribution in [-0.2, 0) is 4.79 Å². The minimum absolute atomic E-state index is 0.0332. The van der Waals surface area contributed by atoms with Crippen molar-refractivity contribution in [2.45, 2.75) is 31.8 Å². The van der Waals surface area contributed by atoms with Gasteiger partial charge in [0.05, 0.1) is 6.04 Å². The number of carbonyl (C=O) groups is 1. The fourth-order valence-electron chi connectivity index (χ4n) is 2.74. The van der Waals surface area contributed by atoms with Crippen molar-refractivity contribution in [3.05, 3.63) is 28.8 Å². The maximum Gasteiger partial charge on any atom is 0.237 e. The fourth-order valence-corrected chi connectivity index (χ4v) is 2.92. The summed E-state index contributed by atoms with van der Waals surface area (Å²) in [4.78, 5) is 14.0. The molecule has 1 heterocycles. The van der Waals surface area contributed by atoms with Crippen molar-refractivity contribution in [2.75, 3.05) is 13.6 Å². The highest BCUT2D eigenvalue weighted by molar-refractivity contribution is 6.30. The van der Waals surface area contributed by atoms with Crippen molar-refractivity contribution in [3.8, 4) is 5.75 Å². The van der Waals surface area contributed by atoms with Crippen LogP contribution in [0.1, 0.15) is 31.4 Å². The number of aromatic hydroxyl groups is 1. The number of phenolic OH excluding ortho intramolecular Hbond substituents is 1. The molecule has 2 N–H and O–H groups in total. The predicted octanol–water partition coefficient (Wildman–Crippen LogP) is 2.32. The standard InChI is InChI=1S/C14H19ClN2O2/c1-9(11-8-10(15)5-6-13(11)18)17-7-3-4-12(17)14(19)16-2/h5-6,8-9,12,18H,3-4,7H2,1-2H3,(H,16,19). The number of halogens is 1. The molecule has 0 aromatic heterocycles. The number of nitrogens with one attached hydrogen (secondary N) is 1. The van der Waals surface area contributed by atoms with Crippen LogP contribution in [0, 0.1) is 0 Å². The first-order chi connectivity index (χ1) is 9.04. The number of amides is 1. The normalized spacial score (nSPS) is 21.3. The van der Waals surface area contributed by atoms with Gasteiger partial charge in [0.25, 0.3) is 0 Å². The minimum atomic E-state index is -0.126. The van der Waals surface area contributed by atoms with Gasteiger partial charge in [-0.15, -0.1) is 0 Å². The summed E-state index contributed by atoms with van der Waals surface area (Å²) in [6, 6.07) is 4.86. The highest BCUT2D eigenvalue weighted by Crippen LogP contribution is 2.34. The van der Waals surface area contributed by atoms with Gasteiger partial charge in [-0.25, -0.2) is 0 Å². The molecular weight excluding hydrogens is 264 g/mol. The van der Waals surface area contributed by atoms with E-state index >= 15 is 0 Å². The Balaban J connectivity index is 2.25. The summed E-state index contributed by atoms with van der Waals surface area (Å²) >= 11 is 5.98. The van der Waals surface area contributed by atoms with Crippen LogP contribution in [-0.4, -0.2) is 35.5 Å². The number of benzene rings is 1. The van der Waals surface area contributed by atoms with E-state index in [4.69, 9.17) is 11.6 Å². The van der Waals surface area contributed by atoms with Gasteiger partial charge in [-0.3, -0.25) is 9.69 Å². The second-order valence-electron chi connectivity index (χ2n) is 4.89. The fraction of sp³-hybridized carbons (Fsp3) is 0.500. The average Bonchev–Trinajstić information content (AvgIpc) is 2.89. The van der Waals surface area contributed by atoms with E-state index in [1.807, 2.05) is 6.92 Å². The van der Waals surface area contributed by atoms with Crippen LogP contribution < -0.4 is 5.32 Å². The van der Waals surface area contributed by atoms with E-state index in [0.29, 0.717) is 5.02 Å². The van der Waals surface area contributed by atoms with Gasteiger partial charge >= 0.3 is 0 Å². The lowest BCUT2D eigenvalue weighted by Crippen LogP contribution is -2.42. The SMILES string of the molecule is CNC(=O)C1CCCN1C(C)c1cc(Cl)ccc1O. The van der Waals surface area contributed by atoms with Crippen molar-refractivity contribution < 1.29 is 9.90 Å². The van der Waals surface area contributed by atoms with Crippen LogP contribution in [0.3, 0.4) is 0 Å². The summed E-state index contributed by atoms with van der Waals surface area (Å²) < 4.78 is 0. The summed E-state index contributed by atoms with van der Waals surface area (Å²) in [6.45, 7) is 2.85. The molecule has 0 aliphatic carbocycles. The van der Waals surface area contributed by atoms with E-state index in [9.17, 15) is 9.90 Å². The Labute approximate surface area is 118 Å². The van der Waals surface area contributed by atoms with Crippen molar-refractivity contribution in [1.82, 2.24) is 10.2 Å². The number of hydrogen-bond donors (Lipinski definition) is 2. The lowest BCUT2D eigenvalue weighted by molar-refractivity contribution is -0.125. The van der Waals surface area contributed by atoms with Crippen LogP contribution in [0.5, 0.6) is 5.75 Å². The zero-order chi connectivity index (χ0) is 14.0. The van der Waals surface area contributed by atoms with Crippen LogP contribution in [0.15, 0.2) is 18.2 Å². The number of likely N-dealkylation sites (N-methyl/N-ethyl adjacent to an activating group) is 1. The molecule has 0 radical (unpaired) electrons. The number of likely N-dealkylation sites (tertiary alicyclic amines) is 1. The second-order valence-corrected chi connectivity index (χ2v) is 5.33. The van der Waals surface area contributed by atoms with E-state index in [2.05, 4.69) is 10.2 Å². The van der Waals surface area contributed by atoms with Gasteiger partial charge in [0, 0.05) is 23.7 Å². The van der Waals surface area contributed by atoms with Crippen molar-refractivity contribution in [1.29, 1.82) is 0 Å². The molecule has 1 fully saturated rings. The van der Waals surface area contributed by atoms with Gasteiger partial charge in [0.2, 0.25) is 5.91 Å². The Morgan fingerprint density at radius 1 is 1.58 bits per heavy atom. The van der Waals surface area contributed by atoms with E-state index in [0.717, 1.165) is 24.9 Å². The largest absolute Gasteiger partial charge is 0.508 e. The summed E-state index contributed by atoms with van der Waals surface area (Å²) in [7, 11) is 1.65. The molecule has 1 saturated heterocycles. The van der Waals surface area contributed by atoms with Gasteiger partial charge in [0.15, 0.2) is 0 Å². The number of phenols is 1. The molecule has 5 heteroatoms. The molecular formula is C14H19ClN2O2. The number of carbonyl (C=O) groups excluding carboxylic acids is 1. The lowest BCUT2D eigenvalue weighted by atomic mass is 10.0. The number of hydrogen-bond acceptors (Lipinski definition) is 3. The topological polar surface area (TPSA) is 52.6 Å². The highest BCUT2D eigenvalue weighted by atomic mass is 35.5. The Hall–Kier alpha value is -1.26. The Bertz CT molecular complexity index is 479. The van der Waals surface area contributed by atoms with Gasteiger partial charge in [-0.2, -0.15) is 0 Å². The third-order valence-corrected chi connectivity index (χ3v) is 4.02. The monoisotopic (exact) mass is 282 g/mol. The molecule has 2 rings (SSSR count). The molecule has 104 valence electrons. The van der Waals surface area contributed by atoms with Crippen LogP contribution in [0.25, 0.3) is 0 Å². The van der Waals surface area contributed by atoms with Crippen LogP contribution in [0.2, 0.25) is 5.02 Å². The van der Waals surface area contributed by atoms with Crippen molar-refractivity contribution in [2.24, 2.45) is 0 Å². The van der Waals surface area contributed by atoms with Gasteiger partial charge < -0.3 is 10.4 Å². The zero-order valence-electron chi connectivity index (χ0n) is 11.2. The molecule has 4 nitrogen and oxygen atoms in total. The number of nitrogens with zero attached hydrogens (tertiary/aromatic N) is 1. The maximum atomic E-state index is 11.9. The molecule has 1 aliphatic heterocycles. The molecule has 0 saturated carbocycles. The van der Waals surface area contributed by atoms with Crippen LogP contribution >= 0.6 is 11.6 Å². The summed E-state index contributed by atoms with van der Waals surface area (Å²) in [6.07, 6.45) is 1.84. The van der Waals surface area contributed by atoms with E-state index in [1.54, 1.807) is 25.2 Å². The first-order valence-electron chi connectivity index (χ1n) is 6.50. The lowest BCUT2D eigenvalue weighted by Gasteiger charge is -2.30. The second kappa shape index (κ2) is 5.80. The molecule has 1 amide bonds. The highest BCUT2D eigenvalue weighted by Gasteiger charge is 2.34. The zero-order valence-corrected chi connectivity index (χ0v) is 11.9. The summed E-state index contributed by atoms with van der Waals surface area (Å²) in [5.74, 6) is 0.255. The molecule has 1 aromatic rings. The van der Waals surface area contributed by atoms with E-state index < -0.39 is 0 Å². The molecule has 2 unspecified atom stereocenters. The van der Waals surface area contributed by atoms with Crippen molar-refractivity contribution >= 4 is 17.5 Å². The molecule has 1 aromatic carbocycles. The Morgan fingerprint density at radius 3 is 3.00 bits per heavy atom. The summed E-state index contributed by atoms with van der Waals surface area (Å²) in [5.41, 5.74) is 0.767. The van der Waals surface area contributed by atoms with Gasteiger partial charge in [-0.05, 0) is 44.5 Å². The first-order valence-corrected chi connectivity index (χ1v) is 6.88. The van der Waals surface area contributed by atoms with Gasteiger partial charge in [0.1, 0.15) is 5.75 Å². The van der Waals surface area contributed by atoms with Gasteiger partial charge in [-0.1, -0.05) is 11.6 Å².